The van der Waals surface area contributed by atoms with E-state index < -0.39 is 6.04 Å². The number of nitro groups is 1. The molecule has 9 nitrogen and oxygen atoms in total. The normalized spacial score (nSPS) is 24.6. The molecule has 0 spiro atoms. The van der Waals surface area contributed by atoms with Crippen LogP contribution in [0.4, 0.5) is 0 Å². The number of hydrogen-bond acceptors (Lipinski definition) is 8. The first-order valence-corrected chi connectivity index (χ1v) is 8.44. The smallest absolute Gasteiger partial charge is 1.00 e. The fourth-order valence-corrected chi connectivity index (χ4v) is 2.57. The Balaban J connectivity index is -0.000000661. The van der Waals surface area contributed by atoms with Gasteiger partial charge in [-0.05, 0) is 0 Å². The molecule has 1 saturated heterocycles. The third-order valence-corrected chi connectivity index (χ3v) is 3.99. The Bertz CT molecular complexity index is 334. The summed E-state index contributed by atoms with van der Waals surface area (Å²) in [7, 11) is 0. The monoisotopic (exact) mass is 495 g/mol. The number of halogens is 3. The molecule has 0 aliphatic carbocycles. The maximum atomic E-state index is 11.0. The van der Waals surface area contributed by atoms with Gasteiger partial charge in [0.2, 0.25) is 6.04 Å². The van der Waals surface area contributed by atoms with Crippen molar-refractivity contribution in [3.63, 3.8) is 0 Å². The zero-order chi connectivity index (χ0) is 17.0. The molecule has 0 aromatic carbocycles. The molecule has 0 aromatic rings. The van der Waals surface area contributed by atoms with Gasteiger partial charge < -0.3 is 69.5 Å². The van der Waals surface area contributed by atoms with Crippen LogP contribution in [0.25, 0.3) is 0 Å². The molecule has 27 heavy (non-hydrogen) atoms. The molecular formula is C14H33Cl3CoN7O2. The van der Waals surface area contributed by atoms with E-state index in [4.69, 9.17) is 5.73 Å². The summed E-state index contributed by atoms with van der Waals surface area (Å²) in [5.74, 6) is 0. The summed E-state index contributed by atoms with van der Waals surface area (Å²) in [6.07, 6.45) is 0. The Hall–Kier alpha value is 0.536. The molecule has 0 atom stereocenters. The first kappa shape index (κ1) is 35.0. The van der Waals surface area contributed by atoms with Crippen LogP contribution in [-0.2, 0) is 16.8 Å². The number of rotatable bonds is 5. The van der Waals surface area contributed by atoms with E-state index in [0.717, 1.165) is 52.4 Å². The van der Waals surface area contributed by atoms with Gasteiger partial charge in [0.15, 0.2) is 0 Å². The minimum absolute atomic E-state index is 0. The van der Waals surface area contributed by atoms with Crippen molar-refractivity contribution in [2.45, 2.75) is 13.0 Å². The molecule has 0 saturated carbocycles. The van der Waals surface area contributed by atoms with Crippen LogP contribution >= 0.6 is 0 Å². The van der Waals surface area contributed by atoms with Crippen molar-refractivity contribution in [2.75, 3.05) is 72.0 Å². The quantitative estimate of drug-likeness (QED) is 0.126. The van der Waals surface area contributed by atoms with Crippen molar-refractivity contribution < 1.29 is 58.9 Å². The first-order valence-electron chi connectivity index (χ1n) is 8.44. The molecule has 13 heteroatoms. The Kier molecular flexibility index (Phi) is 27.5. The zero-order valence-corrected chi connectivity index (χ0v) is 19.0. The van der Waals surface area contributed by atoms with Crippen molar-refractivity contribution in [3.05, 3.63) is 10.1 Å². The van der Waals surface area contributed by atoms with Crippen LogP contribution in [0, 0.1) is 15.5 Å². The average molecular weight is 497 g/mol. The summed E-state index contributed by atoms with van der Waals surface area (Å²) in [6.45, 7) is 10.2. The topological polar surface area (TPSA) is 129 Å². The van der Waals surface area contributed by atoms with E-state index in [-0.39, 0.29) is 64.3 Å². The molecule has 0 aromatic heterocycles. The van der Waals surface area contributed by atoms with E-state index in [2.05, 4.69) is 33.5 Å². The molecule has 166 valence electrons. The predicted molar refractivity (Wildman–Crippen MR) is 92.3 cm³/mol. The maximum absolute atomic E-state index is 11.0. The van der Waals surface area contributed by atoms with Crippen LogP contribution in [0.3, 0.4) is 0 Å². The Morgan fingerprint density at radius 2 is 1.48 bits per heavy atom. The number of nitrogens with one attached hydrogen (secondary N) is 5. The van der Waals surface area contributed by atoms with Gasteiger partial charge in [-0.2, -0.15) is 0 Å². The molecular weight excluding hydrogens is 463 g/mol. The summed E-state index contributed by atoms with van der Waals surface area (Å²) in [5.41, 5.74) is 5.63. The van der Waals surface area contributed by atoms with Crippen LogP contribution < -0.4 is 69.5 Å². The number of hydrogen-bond donors (Lipinski definition) is 6. The van der Waals surface area contributed by atoms with Crippen molar-refractivity contribution in [2.24, 2.45) is 11.1 Å². The SMILES string of the molecule is CC1(CNCCN)CNCCNCC([N+](=O)[O-])CNCCNC1.[Cl-].[Cl-].[Cl-].[Co+3]. The number of nitrogens with two attached hydrogens (primary N) is 1. The average Bonchev–Trinajstić information content (AvgIpc) is 2.51. The van der Waals surface area contributed by atoms with E-state index in [1.165, 1.54) is 0 Å². The van der Waals surface area contributed by atoms with E-state index in [1.807, 2.05) is 0 Å². The van der Waals surface area contributed by atoms with Gasteiger partial charge in [0, 0.05) is 69.2 Å². The van der Waals surface area contributed by atoms with Gasteiger partial charge in [-0.15, -0.1) is 0 Å². The third kappa shape index (κ3) is 17.1. The second kappa shape index (κ2) is 21.3. The molecule has 0 bridgehead atoms. The van der Waals surface area contributed by atoms with Crippen molar-refractivity contribution in [1.29, 1.82) is 0 Å². The Morgan fingerprint density at radius 1 is 1.04 bits per heavy atom. The zero-order valence-electron chi connectivity index (χ0n) is 15.7. The van der Waals surface area contributed by atoms with E-state index in [9.17, 15) is 10.1 Å². The maximum Gasteiger partial charge on any atom is 3.00 e. The van der Waals surface area contributed by atoms with Gasteiger partial charge in [0.1, 0.15) is 0 Å². The molecule has 0 amide bonds. The van der Waals surface area contributed by atoms with Crippen molar-refractivity contribution in [3.8, 4) is 0 Å². The molecule has 1 rings (SSSR count). The van der Waals surface area contributed by atoms with Gasteiger partial charge in [0.05, 0.1) is 13.1 Å². The second-order valence-electron chi connectivity index (χ2n) is 6.48. The Labute approximate surface area is 191 Å². The molecule has 1 fully saturated rings. The summed E-state index contributed by atoms with van der Waals surface area (Å²) < 4.78 is 0. The molecule has 1 heterocycles. The van der Waals surface area contributed by atoms with Crippen LogP contribution in [-0.4, -0.2) is 83.0 Å². The van der Waals surface area contributed by atoms with Gasteiger partial charge in [-0.1, -0.05) is 6.92 Å². The molecule has 7 N–H and O–H groups in total. The first-order chi connectivity index (χ1) is 11.1. The second-order valence-corrected chi connectivity index (χ2v) is 6.48. The summed E-state index contributed by atoms with van der Waals surface area (Å²) in [5, 5.41) is 27.6. The third-order valence-electron chi connectivity index (χ3n) is 3.99. The fraction of sp³-hybridized carbons (Fsp3) is 1.00. The largest absolute Gasteiger partial charge is 3.00 e. The number of nitrogens with zero attached hydrogens (tertiary/aromatic N) is 1. The van der Waals surface area contributed by atoms with E-state index in [0.29, 0.717) is 19.6 Å². The van der Waals surface area contributed by atoms with Gasteiger partial charge in [0.25, 0.3) is 0 Å². The molecule has 1 aliphatic rings. The van der Waals surface area contributed by atoms with E-state index in [1.54, 1.807) is 0 Å². The van der Waals surface area contributed by atoms with Crippen molar-refractivity contribution >= 4 is 0 Å². The van der Waals surface area contributed by atoms with E-state index >= 15 is 0 Å². The molecule has 0 unspecified atom stereocenters. The predicted octanol–water partition coefficient (Wildman–Crippen LogP) is -11.4. The van der Waals surface area contributed by atoms with Gasteiger partial charge >= 0.3 is 16.8 Å². The summed E-state index contributed by atoms with van der Waals surface area (Å²) >= 11 is 0. The van der Waals surface area contributed by atoms with Crippen LogP contribution in [0.2, 0.25) is 0 Å². The summed E-state index contributed by atoms with van der Waals surface area (Å²) in [6, 6.07) is -0.580. The Morgan fingerprint density at radius 3 is 1.89 bits per heavy atom. The molecule has 1 aliphatic heterocycles. The molecule has 0 radical (unpaired) electrons. The minimum Gasteiger partial charge on any atom is -1.00 e. The summed E-state index contributed by atoms with van der Waals surface area (Å²) in [4.78, 5) is 10.8. The van der Waals surface area contributed by atoms with Crippen LogP contribution in [0.5, 0.6) is 0 Å². The fourth-order valence-electron chi connectivity index (χ4n) is 2.57. The van der Waals surface area contributed by atoms with Crippen LogP contribution in [0.15, 0.2) is 0 Å². The standard InChI is InChI=1S/C14H33N7O2.3ClH.Co/c1-14(10-18-3-2-15)11-19-6-4-16-8-13(21(22)23)9-17-5-7-20-12-14;;;;/h13,16-20H,2-12,15H2,1H3;3*1H;/q;;;;+3/p-3. The minimum atomic E-state index is -0.580. The van der Waals surface area contributed by atoms with Gasteiger partial charge in [-0.3, -0.25) is 10.1 Å². The van der Waals surface area contributed by atoms with Crippen LogP contribution in [0.1, 0.15) is 6.92 Å². The van der Waals surface area contributed by atoms with Crippen molar-refractivity contribution in [1.82, 2.24) is 26.6 Å². The van der Waals surface area contributed by atoms with Gasteiger partial charge in [-0.25, -0.2) is 0 Å².